The molecule has 21 heavy (non-hydrogen) atoms. The van der Waals surface area contributed by atoms with Gasteiger partial charge in [0.25, 0.3) is 0 Å². The van der Waals surface area contributed by atoms with Crippen molar-refractivity contribution in [2.45, 2.75) is 37.0 Å². The number of amidine groups is 1. The minimum Gasteiger partial charge on any atom is -0.409 e. The Bertz CT molecular complexity index is 454. The van der Waals surface area contributed by atoms with E-state index in [4.69, 9.17) is 15.7 Å². The molecule has 0 radical (unpaired) electrons. The van der Waals surface area contributed by atoms with Gasteiger partial charge in [0.2, 0.25) is 10.0 Å². The van der Waals surface area contributed by atoms with Crippen LogP contribution in [-0.2, 0) is 14.8 Å². The number of sulfonamides is 1. The molecule has 0 bridgehead atoms. The van der Waals surface area contributed by atoms with E-state index in [-0.39, 0.29) is 17.1 Å². The zero-order valence-corrected chi connectivity index (χ0v) is 12.9. The minimum atomic E-state index is -3.27. The number of hydrogen-bond acceptors (Lipinski definition) is 6. The molecule has 122 valence electrons. The number of nitrogens with zero attached hydrogens (tertiary/aromatic N) is 2. The maximum absolute atomic E-state index is 12.3. The van der Waals surface area contributed by atoms with Gasteiger partial charge >= 0.3 is 0 Å². The van der Waals surface area contributed by atoms with Crippen LogP contribution in [0.4, 0.5) is 0 Å². The second-order valence-corrected chi connectivity index (χ2v) is 7.61. The van der Waals surface area contributed by atoms with Crippen LogP contribution in [0.3, 0.4) is 0 Å². The number of piperidine rings is 1. The van der Waals surface area contributed by atoms with E-state index in [1.165, 1.54) is 0 Å². The van der Waals surface area contributed by atoms with Crippen molar-refractivity contribution in [1.82, 2.24) is 9.62 Å². The molecule has 0 aliphatic carbocycles. The Morgan fingerprint density at radius 1 is 1.29 bits per heavy atom. The molecule has 0 unspecified atom stereocenters. The van der Waals surface area contributed by atoms with E-state index in [1.54, 1.807) is 0 Å². The van der Waals surface area contributed by atoms with Gasteiger partial charge in [-0.05, 0) is 25.7 Å². The van der Waals surface area contributed by atoms with Gasteiger partial charge in [0.05, 0.1) is 11.8 Å². The van der Waals surface area contributed by atoms with Crippen LogP contribution in [0.1, 0.15) is 25.7 Å². The summed E-state index contributed by atoms with van der Waals surface area (Å²) in [5.74, 6) is 0.177. The molecule has 0 aromatic heterocycles. The van der Waals surface area contributed by atoms with Crippen LogP contribution in [0.5, 0.6) is 0 Å². The third-order valence-corrected chi connectivity index (χ3v) is 6.05. The summed E-state index contributed by atoms with van der Waals surface area (Å²) >= 11 is 0. The second kappa shape index (κ2) is 7.39. The van der Waals surface area contributed by atoms with Gasteiger partial charge in [0, 0.05) is 32.3 Å². The lowest BCUT2D eigenvalue weighted by molar-refractivity contribution is 0.0979. The first-order valence-corrected chi connectivity index (χ1v) is 8.83. The number of oxime groups is 1. The highest BCUT2D eigenvalue weighted by Crippen LogP contribution is 2.18. The summed E-state index contributed by atoms with van der Waals surface area (Å²) in [7, 11) is -3.27. The van der Waals surface area contributed by atoms with Crippen molar-refractivity contribution in [2.24, 2.45) is 10.9 Å². The van der Waals surface area contributed by atoms with Gasteiger partial charge in [-0.25, -0.2) is 13.1 Å². The van der Waals surface area contributed by atoms with Crippen LogP contribution in [0, 0.1) is 0 Å². The summed E-state index contributed by atoms with van der Waals surface area (Å²) in [4.78, 5) is 2.05. The lowest BCUT2D eigenvalue weighted by atomic mass is 10.1. The Kier molecular flexibility index (Phi) is 5.80. The van der Waals surface area contributed by atoms with Gasteiger partial charge in [-0.15, -0.1) is 0 Å². The normalized spacial score (nSPS) is 24.3. The number of nitrogens with one attached hydrogen (secondary N) is 1. The van der Waals surface area contributed by atoms with Crippen LogP contribution >= 0.6 is 0 Å². The maximum Gasteiger partial charge on any atom is 0.214 e. The molecule has 2 saturated heterocycles. The van der Waals surface area contributed by atoms with E-state index in [0.29, 0.717) is 32.6 Å². The first-order chi connectivity index (χ1) is 10.0. The first-order valence-electron chi connectivity index (χ1n) is 7.29. The standard InChI is InChI=1S/C12H24N4O4S/c13-12(14-17)9-16-5-1-10(2-6-16)15-21(18,19)11-3-7-20-8-4-11/h10-11,15,17H,1-9H2,(H2,13,14). The number of rotatable bonds is 5. The molecule has 0 aromatic rings. The zero-order chi connectivity index (χ0) is 15.3. The lowest BCUT2D eigenvalue weighted by Crippen LogP contribution is -2.49. The largest absolute Gasteiger partial charge is 0.409 e. The molecule has 2 aliphatic rings. The number of ether oxygens (including phenoxy) is 1. The van der Waals surface area contributed by atoms with Crippen molar-refractivity contribution in [1.29, 1.82) is 0 Å². The summed E-state index contributed by atoms with van der Waals surface area (Å²) in [5, 5.41) is 11.2. The predicted octanol–water partition coefficient (Wildman–Crippen LogP) is -0.704. The summed E-state index contributed by atoms with van der Waals surface area (Å²) < 4.78 is 32.7. The van der Waals surface area contributed by atoms with Gasteiger partial charge in [-0.2, -0.15) is 0 Å². The predicted molar refractivity (Wildman–Crippen MR) is 78.8 cm³/mol. The van der Waals surface area contributed by atoms with Crippen molar-refractivity contribution in [3.05, 3.63) is 0 Å². The second-order valence-electron chi connectivity index (χ2n) is 5.62. The molecule has 2 rings (SSSR count). The van der Waals surface area contributed by atoms with Crippen molar-refractivity contribution >= 4 is 15.9 Å². The number of nitrogens with two attached hydrogens (primary N) is 1. The molecule has 0 spiro atoms. The molecule has 8 nitrogen and oxygen atoms in total. The molecule has 2 aliphatic heterocycles. The highest BCUT2D eigenvalue weighted by molar-refractivity contribution is 7.90. The third-order valence-electron chi connectivity index (χ3n) is 4.04. The molecule has 2 heterocycles. The molecular formula is C12H24N4O4S. The Labute approximate surface area is 125 Å². The van der Waals surface area contributed by atoms with Crippen LogP contribution in [-0.4, -0.2) is 68.5 Å². The van der Waals surface area contributed by atoms with Gasteiger partial charge in [-0.1, -0.05) is 5.16 Å². The molecule has 9 heteroatoms. The summed E-state index contributed by atoms with van der Waals surface area (Å²) in [6.07, 6.45) is 2.61. The average Bonchev–Trinajstić information content (AvgIpc) is 2.50. The fourth-order valence-corrected chi connectivity index (χ4v) is 4.49. The Morgan fingerprint density at radius 2 is 1.90 bits per heavy atom. The van der Waals surface area contributed by atoms with E-state index >= 15 is 0 Å². The zero-order valence-electron chi connectivity index (χ0n) is 12.1. The highest BCUT2D eigenvalue weighted by atomic mass is 32.2. The van der Waals surface area contributed by atoms with Gasteiger partial charge in [-0.3, -0.25) is 4.90 Å². The summed E-state index contributed by atoms with van der Waals surface area (Å²) in [6.45, 7) is 2.91. The molecule has 0 amide bonds. The first kappa shape index (κ1) is 16.5. The van der Waals surface area contributed by atoms with E-state index < -0.39 is 10.0 Å². The van der Waals surface area contributed by atoms with Crippen LogP contribution in [0.25, 0.3) is 0 Å². The Morgan fingerprint density at radius 3 is 2.48 bits per heavy atom. The molecule has 0 aromatic carbocycles. The van der Waals surface area contributed by atoms with Gasteiger partial charge in [0.1, 0.15) is 0 Å². The van der Waals surface area contributed by atoms with E-state index in [2.05, 4.69) is 9.88 Å². The fraction of sp³-hybridized carbons (Fsp3) is 0.917. The average molecular weight is 320 g/mol. The smallest absolute Gasteiger partial charge is 0.214 e. The molecule has 0 saturated carbocycles. The highest BCUT2D eigenvalue weighted by Gasteiger charge is 2.31. The molecule has 4 N–H and O–H groups in total. The Hall–Kier alpha value is -0.900. The maximum atomic E-state index is 12.3. The van der Waals surface area contributed by atoms with Crippen molar-refractivity contribution < 1.29 is 18.4 Å². The third kappa shape index (κ3) is 4.80. The Balaban J connectivity index is 1.80. The minimum absolute atomic E-state index is 0.0265. The molecule has 2 fully saturated rings. The monoisotopic (exact) mass is 320 g/mol. The van der Waals surface area contributed by atoms with E-state index in [1.807, 2.05) is 4.90 Å². The molecular weight excluding hydrogens is 296 g/mol. The number of hydrogen-bond donors (Lipinski definition) is 3. The van der Waals surface area contributed by atoms with Crippen LogP contribution in [0.15, 0.2) is 5.16 Å². The van der Waals surface area contributed by atoms with Crippen molar-refractivity contribution in [2.75, 3.05) is 32.8 Å². The lowest BCUT2D eigenvalue weighted by Gasteiger charge is -2.33. The van der Waals surface area contributed by atoms with Crippen LogP contribution < -0.4 is 10.5 Å². The van der Waals surface area contributed by atoms with Gasteiger partial charge < -0.3 is 15.7 Å². The summed E-state index contributed by atoms with van der Waals surface area (Å²) in [5.41, 5.74) is 5.47. The van der Waals surface area contributed by atoms with E-state index in [9.17, 15) is 8.42 Å². The molecule has 0 atom stereocenters. The fourth-order valence-electron chi connectivity index (χ4n) is 2.78. The van der Waals surface area contributed by atoms with Gasteiger partial charge in [0.15, 0.2) is 5.84 Å². The van der Waals surface area contributed by atoms with Crippen molar-refractivity contribution in [3.8, 4) is 0 Å². The summed E-state index contributed by atoms with van der Waals surface area (Å²) in [6, 6.07) is -0.0265. The van der Waals surface area contributed by atoms with Crippen LogP contribution in [0.2, 0.25) is 0 Å². The topological polar surface area (TPSA) is 117 Å². The number of likely N-dealkylation sites (tertiary alicyclic amines) is 1. The van der Waals surface area contributed by atoms with E-state index in [0.717, 1.165) is 25.9 Å². The SMILES string of the molecule is NC(CN1CCC(NS(=O)(=O)C2CCOCC2)CC1)=NO. The quantitative estimate of drug-likeness (QED) is 0.267. The van der Waals surface area contributed by atoms with Crippen molar-refractivity contribution in [3.63, 3.8) is 0 Å².